The molecule has 4 rings (SSSR count). The normalized spacial score (nSPS) is 14.0. The smallest absolute Gasteiger partial charge is 0.339 e. The Balaban J connectivity index is 1.76. The standard InChI is InChI=1S/C24H22N2O3/c1-2-25-21(27)15-29-24(28)22-18-10-6-7-11-20(18)26-23-17(12-13-19(22)23)14-16-8-4-3-5-9-16/h3-11,14H,2,12-13,15H2,1H3,(H,25,27). The number of nitrogens with one attached hydrogen (secondary N) is 1. The number of aromatic nitrogens is 1. The number of hydrogen-bond acceptors (Lipinski definition) is 4. The number of para-hydroxylation sites is 1. The molecule has 3 aromatic rings. The van der Waals surface area contributed by atoms with Crippen LogP contribution in [0.25, 0.3) is 22.6 Å². The van der Waals surface area contributed by atoms with Crippen LogP contribution in [0.5, 0.6) is 0 Å². The number of carbonyl (C=O) groups is 2. The van der Waals surface area contributed by atoms with Crippen molar-refractivity contribution in [3.63, 3.8) is 0 Å². The molecule has 5 nitrogen and oxygen atoms in total. The van der Waals surface area contributed by atoms with E-state index in [2.05, 4.69) is 11.4 Å². The van der Waals surface area contributed by atoms with Gasteiger partial charge >= 0.3 is 5.97 Å². The third kappa shape index (κ3) is 3.90. The van der Waals surface area contributed by atoms with E-state index in [-0.39, 0.29) is 12.5 Å². The first-order valence-corrected chi connectivity index (χ1v) is 9.78. The SMILES string of the molecule is CCNC(=O)COC(=O)c1c2c(nc3ccccc13)C(=Cc1ccccc1)CC2. The van der Waals surface area contributed by atoms with Crippen molar-refractivity contribution in [1.29, 1.82) is 0 Å². The number of rotatable bonds is 5. The number of benzene rings is 2. The van der Waals surface area contributed by atoms with Crippen LogP contribution in [0.1, 0.15) is 40.5 Å². The molecule has 0 radical (unpaired) electrons. The molecule has 0 atom stereocenters. The van der Waals surface area contributed by atoms with Crippen LogP contribution in [-0.4, -0.2) is 30.0 Å². The molecule has 1 aliphatic rings. The van der Waals surface area contributed by atoms with Gasteiger partial charge in [0.25, 0.3) is 5.91 Å². The lowest BCUT2D eigenvalue weighted by Gasteiger charge is -2.12. The second kappa shape index (κ2) is 8.27. The summed E-state index contributed by atoms with van der Waals surface area (Å²) < 4.78 is 5.33. The number of fused-ring (bicyclic) bond motifs is 2. The van der Waals surface area contributed by atoms with E-state index in [0.717, 1.165) is 46.1 Å². The number of allylic oxidation sites excluding steroid dienone is 1. The van der Waals surface area contributed by atoms with E-state index >= 15 is 0 Å². The molecular weight excluding hydrogens is 364 g/mol. The molecule has 2 aromatic carbocycles. The van der Waals surface area contributed by atoms with Gasteiger partial charge in [0.15, 0.2) is 6.61 Å². The van der Waals surface area contributed by atoms with Gasteiger partial charge in [-0.2, -0.15) is 0 Å². The van der Waals surface area contributed by atoms with Gasteiger partial charge in [-0.15, -0.1) is 0 Å². The van der Waals surface area contributed by atoms with E-state index in [1.165, 1.54) is 0 Å². The number of likely N-dealkylation sites (N-methyl/N-ethyl adjacent to an activating group) is 1. The Bertz CT molecular complexity index is 1100. The Hall–Kier alpha value is -3.47. The van der Waals surface area contributed by atoms with Crippen molar-refractivity contribution in [2.45, 2.75) is 19.8 Å². The fourth-order valence-electron chi connectivity index (χ4n) is 3.71. The minimum absolute atomic E-state index is 0.287. The largest absolute Gasteiger partial charge is 0.452 e. The molecule has 0 spiro atoms. The fourth-order valence-corrected chi connectivity index (χ4v) is 3.71. The van der Waals surface area contributed by atoms with Gasteiger partial charge in [0.2, 0.25) is 0 Å². The van der Waals surface area contributed by atoms with E-state index in [1.807, 2.05) is 61.5 Å². The molecule has 1 amide bonds. The van der Waals surface area contributed by atoms with E-state index in [9.17, 15) is 9.59 Å². The lowest BCUT2D eigenvalue weighted by atomic mass is 10.0. The molecule has 1 N–H and O–H groups in total. The maximum absolute atomic E-state index is 12.9. The van der Waals surface area contributed by atoms with Gasteiger partial charge in [-0.25, -0.2) is 9.78 Å². The van der Waals surface area contributed by atoms with Crippen LogP contribution in [0, 0.1) is 0 Å². The molecule has 0 saturated heterocycles. The van der Waals surface area contributed by atoms with E-state index in [1.54, 1.807) is 0 Å². The van der Waals surface area contributed by atoms with E-state index in [0.29, 0.717) is 12.1 Å². The first-order chi connectivity index (χ1) is 14.2. The zero-order valence-electron chi connectivity index (χ0n) is 16.3. The predicted molar refractivity (Wildman–Crippen MR) is 113 cm³/mol. The number of ether oxygens (including phenoxy) is 1. The molecule has 0 unspecified atom stereocenters. The van der Waals surface area contributed by atoms with E-state index in [4.69, 9.17) is 9.72 Å². The molecule has 1 aliphatic carbocycles. The van der Waals surface area contributed by atoms with Crippen LogP contribution in [0.15, 0.2) is 54.6 Å². The summed E-state index contributed by atoms with van der Waals surface area (Å²) in [7, 11) is 0. The Morgan fingerprint density at radius 3 is 2.62 bits per heavy atom. The minimum atomic E-state index is -0.480. The Morgan fingerprint density at radius 1 is 1.07 bits per heavy atom. The maximum atomic E-state index is 12.9. The first kappa shape index (κ1) is 18.9. The summed E-state index contributed by atoms with van der Waals surface area (Å²) in [5, 5.41) is 3.40. The third-order valence-electron chi connectivity index (χ3n) is 4.99. The second-order valence-corrected chi connectivity index (χ2v) is 6.94. The zero-order chi connectivity index (χ0) is 20.2. The van der Waals surface area contributed by atoms with Crippen LogP contribution in [-0.2, 0) is 16.0 Å². The van der Waals surface area contributed by atoms with E-state index < -0.39 is 5.97 Å². The van der Waals surface area contributed by atoms with Gasteiger partial charge in [-0.05, 0) is 48.6 Å². The molecule has 1 aromatic heterocycles. The summed E-state index contributed by atoms with van der Waals surface area (Å²) in [4.78, 5) is 29.5. The average molecular weight is 386 g/mol. The Labute approximate surface area is 169 Å². The summed E-state index contributed by atoms with van der Waals surface area (Å²) in [5.41, 5.74) is 5.22. The zero-order valence-corrected chi connectivity index (χ0v) is 16.3. The topological polar surface area (TPSA) is 68.3 Å². The highest BCUT2D eigenvalue weighted by molar-refractivity contribution is 6.07. The van der Waals surface area contributed by atoms with Gasteiger partial charge < -0.3 is 10.1 Å². The average Bonchev–Trinajstić information content (AvgIpc) is 3.13. The summed E-state index contributed by atoms with van der Waals surface area (Å²) in [6.45, 7) is 2.03. The molecule has 0 saturated carbocycles. The lowest BCUT2D eigenvalue weighted by molar-refractivity contribution is -0.124. The van der Waals surface area contributed by atoms with Crippen molar-refractivity contribution in [3.8, 4) is 0 Å². The fraction of sp³-hybridized carbons (Fsp3) is 0.208. The van der Waals surface area contributed by atoms with Gasteiger partial charge in [0.1, 0.15) is 0 Å². The highest BCUT2D eigenvalue weighted by Crippen LogP contribution is 2.37. The van der Waals surface area contributed by atoms with Gasteiger partial charge in [-0.1, -0.05) is 48.5 Å². The van der Waals surface area contributed by atoms with Crippen molar-refractivity contribution in [2.75, 3.05) is 13.2 Å². The molecule has 29 heavy (non-hydrogen) atoms. The van der Waals surface area contributed by atoms with Crippen LogP contribution >= 0.6 is 0 Å². The summed E-state index contributed by atoms with van der Waals surface area (Å²) >= 11 is 0. The number of hydrogen-bond donors (Lipinski definition) is 1. The number of pyridine rings is 1. The van der Waals surface area contributed by atoms with Crippen molar-refractivity contribution in [1.82, 2.24) is 10.3 Å². The second-order valence-electron chi connectivity index (χ2n) is 6.94. The molecule has 146 valence electrons. The lowest BCUT2D eigenvalue weighted by Crippen LogP contribution is -2.28. The van der Waals surface area contributed by atoms with Crippen molar-refractivity contribution < 1.29 is 14.3 Å². The molecular formula is C24H22N2O3. The number of nitrogens with zero attached hydrogens (tertiary/aromatic N) is 1. The highest BCUT2D eigenvalue weighted by atomic mass is 16.5. The Morgan fingerprint density at radius 2 is 1.83 bits per heavy atom. The van der Waals surface area contributed by atoms with Crippen molar-refractivity contribution >= 4 is 34.4 Å². The maximum Gasteiger partial charge on any atom is 0.339 e. The molecule has 5 heteroatoms. The quantitative estimate of drug-likeness (QED) is 0.673. The van der Waals surface area contributed by atoms with Crippen LogP contribution in [0.3, 0.4) is 0 Å². The van der Waals surface area contributed by atoms with Gasteiger partial charge in [0, 0.05) is 11.9 Å². The molecule has 0 fully saturated rings. The number of carbonyl (C=O) groups excluding carboxylic acids is 2. The third-order valence-corrected chi connectivity index (χ3v) is 4.99. The predicted octanol–water partition coefficient (Wildman–Crippen LogP) is 4.01. The monoisotopic (exact) mass is 386 g/mol. The minimum Gasteiger partial charge on any atom is -0.452 e. The summed E-state index contributed by atoms with van der Waals surface area (Å²) in [6, 6.07) is 17.6. The van der Waals surface area contributed by atoms with Crippen LogP contribution in [0.4, 0.5) is 0 Å². The molecule has 1 heterocycles. The summed E-state index contributed by atoms with van der Waals surface area (Å²) in [5.74, 6) is -0.785. The van der Waals surface area contributed by atoms with Crippen LogP contribution in [0.2, 0.25) is 0 Å². The summed E-state index contributed by atoms with van der Waals surface area (Å²) in [6.07, 6.45) is 3.65. The van der Waals surface area contributed by atoms with Crippen molar-refractivity contribution in [3.05, 3.63) is 77.0 Å². The number of esters is 1. The van der Waals surface area contributed by atoms with Gasteiger partial charge in [-0.3, -0.25) is 4.79 Å². The molecule has 0 bridgehead atoms. The Kier molecular flexibility index (Phi) is 5.38. The van der Waals surface area contributed by atoms with Gasteiger partial charge in [0.05, 0.1) is 16.8 Å². The van der Waals surface area contributed by atoms with Crippen LogP contribution < -0.4 is 5.32 Å². The molecule has 0 aliphatic heterocycles. The highest BCUT2D eigenvalue weighted by Gasteiger charge is 2.27. The first-order valence-electron chi connectivity index (χ1n) is 9.78. The number of amides is 1. The van der Waals surface area contributed by atoms with Crippen molar-refractivity contribution in [2.24, 2.45) is 0 Å².